The maximum atomic E-state index is 12.9. The average molecular weight is 349 g/mol. The van der Waals surface area contributed by atoms with E-state index in [2.05, 4.69) is 15.1 Å². The standard InChI is InChI=1S/C19H19N5O2/c25-18(12-5-1-2-6-12)23-10-13-16(11-23)21-17-9-15(22-24(17)19(13)26)14-7-3-4-8-20-14/h3-4,7-9,12,22H,1-2,5-6,10-11H2. The Morgan fingerprint density at radius 1 is 1.19 bits per heavy atom. The van der Waals surface area contributed by atoms with Crippen LogP contribution in [0.3, 0.4) is 0 Å². The van der Waals surface area contributed by atoms with Crippen LogP contribution >= 0.6 is 0 Å². The molecular weight excluding hydrogens is 330 g/mol. The second-order valence-corrected chi connectivity index (χ2v) is 7.10. The summed E-state index contributed by atoms with van der Waals surface area (Å²) < 4.78 is 1.45. The summed E-state index contributed by atoms with van der Waals surface area (Å²) in [7, 11) is 0. The molecule has 1 N–H and O–H groups in total. The molecule has 26 heavy (non-hydrogen) atoms. The van der Waals surface area contributed by atoms with E-state index in [-0.39, 0.29) is 17.4 Å². The van der Waals surface area contributed by atoms with E-state index >= 15 is 0 Å². The minimum absolute atomic E-state index is 0.118. The monoisotopic (exact) mass is 349 g/mol. The van der Waals surface area contributed by atoms with Crippen LogP contribution in [0.4, 0.5) is 0 Å². The molecule has 1 aliphatic carbocycles. The van der Waals surface area contributed by atoms with E-state index in [0.29, 0.717) is 30.0 Å². The largest absolute Gasteiger partial charge is 0.332 e. The lowest BCUT2D eigenvalue weighted by atomic mass is 10.1. The van der Waals surface area contributed by atoms with Gasteiger partial charge in [0.2, 0.25) is 5.91 Å². The highest BCUT2D eigenvalue weighted by molar-refractivity contribution is 5.79. The fourth-order valence-corrected chi connectivity index (χ4v) is 4.06. The van der Waals surface area contributed by atoms with Crippen LogP contribution in [0.15, 0.2) is 35.3 Å². The Bertz CT molecular complexity index is 1050. The van der Waals surface area contributed by atoms with Gasteiger partial charge in [0.05, 0.1) is 35.7 Å². The van der Waals surface area contributed by atoms with Crippen LogP contribution in [-0.4, -0.2) is 30.4 Å². The lowest BCUT2D eigenvalue weighted by molar-refractivity contribution is -0.136. The zero-order chi connectivity index (χ0) is 17.7. The van der Waals surface area contributed by atoms with Crippen molar-refractivity contribution >= 4 is 11.6 Å². The molecule has 2 aliphatic rings. The van der Waals surface area contributed by atoms with E-state index in [9.17, 15) is 9.59 Å². The van der Waals surface area contributed by atoms with Gasteiger partial charge in [0.1, 0.15) is 0 Å². The number of rotatable bonds is 2. The van der Waals surface area contributed by atoms with Gasteiger partial charge in [0.15, 0.2) is 5.65 Å². The molecule has 0 saturated heterocycles. The van der Waals surface area contributed by atoms with Gasteiger partial charge in [-0.15, -0.1) is 0 Å². The Kier molecular flexibility index (Phi) is 3.41. The van der Waals surface area contributed by atoms with Crippen LogP contribution in [0, 0.1) is 5.92 Å². The number of amides is 1. The summed E-state index contributed by atoms with van der Waals surface area (Å²) in [6.07, 6.45) is 5.89. The summed E-state index contributed by atoms with van der Waals surface area (Å²) in [5.41, 5.74) is 3.27. The fourth-order valence-electron chi connectivity index (χ4n) is 4.06. The molecule has 0 radical (unpaired) electrons. The number of aromatic nitrogens is 4. The zero-order valence-corrected chi connectivity index (χ0v) is 14.3. The molecule has 0 aromatic carbocycles. The Hall–Kier alpha value is -2.96. The van der Waals surface area contributed by atoms with Crippen LogP contribution in [0.1, 0.15) is 36.9 Å². The third-order valence-electron chi connectivity index (χ3n) is 5.44. The first-order chi connectivity index (χ1) is 12.7. The zero-order valence-electron chi connectivity index (χ0n) is 14.3. The molecule has 1 amide bonds. The van der Waals surface area contributed by atoms with E-state index in [0.717, 1.165) is 37.1 Å². The second-order valence-electron chi connectivity index (χ2n) is 7.10. The molecule has 132 valence electrons. The lowest BCUT2D eigenvalue weighted by Crippen LogP contribution is -2.31. The summed E-state index contributed by atoms with van der Waals surface area (Å²) >= 11 is 0. The van der Waals surface area contributed by atoms with Crippen molar-refractivity contribution in [1.82, 2.24) is 24.5 Å². The third kappa shape index (κ3) is 2.34. The maximum Gasteiger partial charge on any atom is 0.278 e. The van der Waals surface area contributed by atoms with Crippen molar-refractivity contribution in [1.29, 1.82) is 0 Å². The number of carbonyl (C=O) groups is 1. The van der Waals surface area contributed by atoms with Crippen molar-refractivity contribution in [3.05, 3.63) is 52.1 Å². The van der Waals surface area contributed by atoms with Gasteiger partial charge in [0.25, 0.3) is 5.56 Å². The molecule has 0 spiro atoms. The van der Waals surface area contributed by atoms with Crippen LogP contribution < -0.4 is 5.56 Å². The summed E-state index contributed by atoms with van der Waals surface area (Å²) in [6.45, 7) is 0.790. The number of hydrogen-bond acceptors (Lipinski definition) is 4. The van der Waals surface area contributed by atoms with Crippen LogP contribution in [0.2, 0.25) is 0 Å². The van der Waals surface area contributed by atoms with Crippen molar-refractivity contribution in [2.45, 2.75) is 38.8 Å². The highest BCUT2D eigenvalue weighted by Crippen LogP contribution is 2.29. The Morgan fingerprint density at radius 3 is 2.81 bits per heavy atom. The van der Waals surface area contributed by atoms with Crippen LogP contribution in [0.5, 0.6) is 0 Å². The van der Waals surface area contributed by atoms with Crippen LogP contribution in [0.25, 0.3) is 17.0 Å². The molecule has 0 unspecified atom stereocenters. The van der Waals surface area contributed by atoms with Gasteiger partial charge < -0.3 is 4.90 Å². The first kappa shape index (κ1) is 15.3. The van der Waals surface area contributed by atoms with Crippen molar-refractivity contribution < 1.29 is 4.79 Å². The first-order valence-electron chi connectivity index (χ1n) is 9.04. The summed E-state index contributed by atoms with van der Waals surface area (Å²) in [4.78, 5) is 36.3. The van der Waals surface area contributed by atoms with Crippen molar-refractivity contribution in [3.63, 3.8) is 0 Å². The smallest absolute Gasteiger partial charge is 0.278 e. The molecule has 3 aromatic rings. The molecule has 7 heteroatoms. The molecule has 0 atom stereocenters. The number of fused-ring (bicyclic) bond motifs is 2. The Balaban J connectivity index is 1.50. The quantitative estimate of drug-likeness (QED) is 0.768. The van der Waals surface area contributed by atoms with E-state index in [4.69, 9.17) is 0 Å². The summed E-state index contributed by atoms with van der Waals surface area (Å²) in [5, 5.41) is 3.08. The van der Waals surface area contributed by atoms with Crippen molar-refractivity contribution in [2.75, 3.05) is 0 Å². The summed E-state index contributed by atoms with van der Waals surface area (Å²) in [6, 6.07) is 7.45. The average Bonchev–Trinajstić information content (AvgIpc) is 3.41. The van der Waals surface area contributed by atoms with Crippen molar-refractivity contribution in [3.8, 4) is 11.4 Å². The van der Waals surface area contributed by atoms with Crippen molar-refractivity contribution in [2.24, 2.45) is 5.92 Å². The predicted molar refractivity (Wildman–Crippen MR) is 95.3 cm³/mol. The van der Waals surface area contributed by atoms with Gasteiger partial charge in [-0.25, -0.2) is 9.50 Å². The van der Waals surface area contributed by atoms with Crippen LogP contribution in [-0.2, 0) is 17.9 Å². The molecular formula is C19H19N5O2. The lowest BCUT2D eigenvalue weighted by Gasteiger charge is -2.19. The third-order valence-corrected chi connectivity index (χ3v) is 5.44. The number of H-pyrrole nitrogens is 1. The van der Waals surface area contributed by atoms with Gasteiger partial charge in [-0.05, 0) is 25.0 Å². The highest BCUT2D eigenvalue weighted by atomic mass is 16.2. The maximum absolute atomic E-state index is 12.9. The normalized spacial score (nSPS) is 17.2. The minimum Gasteiger partial charge on any atom is -0.332 e. The van der Waals surface area contributed by atoms with Gasteiger partial charge in [-0.1, -0.05) is 18.9 Å². The van der Waals surface area contributed by atoms with Gasteiger partial charge in [-0.3, -0.25) is 19.7 Å². The van der Waals surface area contributed by atoms with Gasteiger partial charge in [-0.2, -0.15) is 0 Å². The highest BCUT2D eigenvalue weighted by Gasteiger charge is 2.33. The van der Waals surface area contributed by atoms with E-state index in [1.807, 2.05) is 24.3 Å². The number of pyridine rings is 1. The SMILES string of the molecule is O=C(C1CCCC1)N1Cc2nc3cc(-c4ccccn4)[nH]n3c(=O)c2C1. The molecule has 5 rings (SSSR count). The molecule has 7 nitrogen and oxygen atoms in total. The van der Waals surface area contributed by atoms with E-state index < -0.39 is 0 Å². The van der Waals surface area contributed by atoms with E-state index in [1.165, 1.54) is 4.52 Å². The number of carbonyl (C=O) groups excluding carboxylic acids is 1. The molecule has 1 fully saturated rings. The number of aromatic amines is 1. The topological polar surface area (TPSA) is 83.4 Å². The van der Waals surface area contributed by atoms with E-state index in [1.54, 1.807) is 11.1 Å². The molecule has 0 bridgehead atoms. The Labute approximate surface area is 149 Å². The number of hydrogen-bond donors (Lipinski definition) is 1. The fraction of sp³-hybridized carbons (Fsp3) is 0.368. The molecule has 1 aliphatic heterocycles. The molecule has 1 saturated carbocycles. The van der Waals surface area contributed by atoms with Gasteiger partial charge in [0, 0.05) is 18.2 Å². The summed E-state index contributed by atoms with van der Waals surface area (Å²) in [5.74, 6) is 0.287. The van der Waals surface area contributed by atoms with Gasteiger partial charge >= 0.3 is 0 Å². The minimum atomic E-state index is -0.131. The predicted octanol–water partition coefficient (Wildman–Crippen LogP) is 2.12. The number of nitrogens with zero attached hydrogens (tertiary/aromatic N) is 4. The molecule has 4 heterocycles. The second kappa shape index (κ2) is 5.79. The molecule has 3 aromatic heterocycles. The first-order valence-corrected chi connectivity index (χ1v) is 9.04. The number of nitrogens with one attached hydrogen (secondary N) is 1. The Morgan fingerprint density at radius 2 is 2.04 bits per heavy atom.